The summed E-state index contributed by atoms with van der Waals surface area (Å²) in [6.45, 7) is 3.72. The molecule has 0 bridgehead atoms. The summed E-state index contributed by atoms with van der Waals surface area (Å²) in [4.78, 5) is 6.60. The van der Waals surface area contributed by atoms with Crippen LogP contribution in [0.3, 0.4) is 0 Å². The number of nitrogens with zero attached hydrogens (tertiary/aromatic N) is 2. The summed E-state index contributed by atoms with van der Waals surface area (Å²) in [6.07, 6.45) is 2.89. The van der Waals surface area contributed by atoms with Gasteiger partial charge in [0.15, 0.2) is 0 Å². The molecule has 1 aliphatic rings. The van der Waals surface area contributed by atoms with Crippen molar-refractivity contribution in [1.29, 1.82) is 0 Å². The molecule has 2 N–H and O–H groups in total. The van der Waals surface area contributed by atoms with E-state index in [-0.39, 0.29) is 6.10 Å². The molecule has 4 rings (SSSR count). The van der Waals surface area contributed by atoms with Gasteiger partial charge in [0.2, 0.25) is 5.88 Å². The number of aryl methyl sites for hydroxylation is 1. The molecule has 0 radical (unpaired) electrons. The third-order valence-electron chi connectivity index (χ3n) is 4.87. The minimum absolute atomic E-state index is 0.114. The summed E-state index contributed by atoms with van der Waals surface area (Å²) < 4.78 is 6.02. The highest BCUT2D eigenvalue weighted by atomic mass is 35.5. The first kappa shape index (κ1) is 17.7. The second-order valence-electron chi connectivity index (χ2n) is 6.90. The van der Waals surface area contributed by atoms with E-state index in [2.05, 4.69) is 22.0 Å². The maximum atomic E-state index is 6.37. The SMILES string of the molecule is Cc1ccc(O[C@@H]2CCN(c3ccc(-c4ccccc4Cl)cc3N)C2)nc1. The fraction of sp³-hybridized carbons (Fsp3) is 0.227. The maximum Gasteiger partial charge on any atom is 0.213 e. The Bertz CT molecular complexity index is 943. The lowest BCUT2D eigenvalue weighted by Crippen LogP contribution is -2.25. The predicted octanol–water partition coefficient (Wildman–Crippen LogP) is 4.95. The van der Waals surface area contributed by atoms with Crippen LogP contribution in [0.4, 0.5) is 11.4 Å². The molecule has 0 spiro atoms. The monoisotopic (exact) mass is 379 g/mol. The van der Waals surface area contributed by atoms with E-state index < -0.39 is 0 Å². The molecule has 3 aromatic rings. The lowest BCUT2D eigenvalue weighted by Gasteiger charge is -2.21. The summed E-state index contributed by atoms with van der Waals surface area (Å²) in [5.74, 6) is 0.675. The molecule has 27 heavy (non-hydrogen) atoms. The van der Waals surface area contributed by atoms with Crippen LogP contribution >= 0.6 is 11.6 Å². The minimum Gasteiger partial charge on any atom is -0.472 e. The van der Waals surface area contributed by atoms with Gasteiger partial charge in [0.05, 0.1) is 17.9 Å². The van der Waals surface area contributed by atoms with E-state index in [4.69, 9.17) is 22.1 Å². The zero-order chi connectivity index (χ0) is 18.8. The van der Waals surface area contributed by atoms with Crippen LogP contribution in [-0.2, 0) is 0 Å². The van der Waals surface area contributed by atoms with Gasteiger partial charge in [-0.15, -0.1) is 0 Å². The van der Waals surface area contributed by atoms with E-state index >= 15 is 0 Å². The Labute approximate surface area is 164 Å². The van der Waals surface area contributed by atoms with Crippen molar-refractivity contribution in [2.24, 2.45) is 0 Å². The largest absolute Gasteiger partial charge is 0.472 e. The van der Waals surface area contributed by atoms with Gasteiger partial charge >= 0.3 is 0 Å². The molecule has 4 nitrogen and oxygen atoms in total. The van der Waals surface area contributed by atoms with Gasteiger partial charge in [-0.3, -0.25) is 0 Å². The number of ether oxygens (including phenoxy) is 1. The van der Waals surface area contributed by atoms with Gasteiger partial charge in [0, 0.05) is 35.8 Å². The molecule has 0 unspecified atom stereocenters. The summed E-state index contributed by atoms with van der Waals surface area (Å²) in [5, 5.41) is 0.727. The van der Waals surface area contributed by atoms with Crippen molar-refractivity contribution in [3.8, 4) is 17.0 Å². The quantitative estimate of drug-likeness (QED) is 0.651. The number of aromatic nitrogens is 1. The van der Waals surface area contributed by atoms with Crippen LogP contribution < -0.4 is 15.4 Å². The van der Waals surface area contributed by atoms with E-state index in [1.807, 2.05) is 55.6 Å². The van der Waals surface area contributed by atoms with Gasteiger partial charge in [-0.25, -0.2) is 4.98 Å². The highest BCUT2D eigenvalue weighted by molar-refractivity contribution is 6.33. The Kier molecular flexibility index (Phi) is 4.90. The number of rotatable bonds is 4. The Balaban J connectivity index is 1.48. The Morgan fingerprint density at radius 2 is 2.00 bits per heavy atom. The third kappa shape index (κ3) is 3.86. The highest BCUT2D eigenvalue weighted by Crippen LogP contribution is 2.34. The number of nitrogens with two attached hydrogens (primary N) is 1. The predicted molar refractivity (Wildman–Crippen MR) is 112 cm³/mol. The first-order chi connectivity index (χ1) is 13.1. The van der Waals surface area contributed by atoms with E-state index in [0.29, 0.717) is 5.88 Å². The molecule has 1 aromatic heterocycles. The molecule has 2 heterocycles. The number of pyridine rings is 1. The van der Waals surface area contributed by atoms with Gasteiger partial charge in [-0.1, -0.05) is 41.9 Å². The molecule has 0 aliphatic carbocycles. The average Bonchev–Trinajstić information content (AvgIpc) is 3.12. The van der Waals surface area contributed by atoms with Crippen molar-refractivity contribution in [3.63, 3.8) is 0 Å². The first-order valence-corrected chi connectivity index (χ1v) is 9.46. The molecule has 5 heteroatoms. The first-order valence-electron chi connectivity index (χ1n) is 9.09. The van der Waals surface area contributed by atoms with Crippen molar-refractivity contribution in [2.75, 3.05) is 23.7 Å². The van der Waals surface area contributed by atoms with E-state index in [1.54, 1.807) is 0 Å². The van der Waals surface area contributed by atoms with Crippen molar-refractivity contribution in [2.45, 2.75) is 19.4 Å². The van der Waals surface area contributed by atoms with Gasteiger partial charge in [-0.2, -0.15) is 0 Å². The standard InChI is InChI=1S/C22H22ClN3O/c1-15-6-9-22(25-13-15)27-17-10-11-26(14-17)21-8-7-16(12-20(21)24)18-4-2-3-5-19(18)23/h2-9,12-13,17H,10-11,14,24H2,1H3/t17-/m1/s1. The third-order valence-corrected chi connectivity index (χ3v) is 5.20. The molecular weight excluding hydrogens is 358 g/mol. The molecular formula is C22H22ClN3O. The van der Waals surface area contributed by atoms with Crippen molar-refractivity contribution in [3.05, 3.63) is 71.4 Å². The second kappa shape index (κ2) is 7.49. The summed E-state index contributed by atoms with van der Waals surface area (Å²) in [6, 6.07) is 17.9. The van der Waals surface area contributed by atoms with Crippen LogP contribution in [0, 0.1) is 6.92 Å². The average molecular weight is 380 g/mol. The smallest absolute Gasteiger partial charge is 0.213 e. The summed E-state index contributed by atoms with van der Waals surface area (Å²) in [5.41, 5.74) is 11.3. The number of hydrogen-bond donors (Lipinski definition) is 1. The van der Waals surface area contributed by atoms with Gasteiger partial charge in [-0.05, 0) is 36.2 Å². The summed E-state index contributed by atoms with van der Waals surface area (Å²) in [7, 11) is 0. The maximum absolute atomic E-state index is 6.37. The minimum atomic E-state index is 0.114. The molecule has 1 fully saturated rings. The molecule has 0 amide bonds. The van der Waals surface area contributed by atoms with Gasteiger partial charge in [0.25, 0.3) is 0 Å². The van der Waals surface area contributed by atoms with E-state index in [0.717, 1.165) is 52.6 Å². The Morgan fingerprint density at radius 1 is 1.15 bits per heavy atom. The topological polar surface area (TPSA) is 51.4 Å². The zero-order valence-corrected chi connectivity index (χ0v) is 16.0. The molecule has 1 aliphatic heterocycles. The molecule has 138 valence electrons. The van der Waals surface area contributed by atoms with E-state index in [1.165, 1.54) is 0 Å². The normalized spacial score (nSPS) is 16.5. The number of halogens is 1. The number of nitrogen functional groups attached to an aromatic ring is 1. The fourth-order valence-corrected chi connectivity index (χ4v) is 3.69. The lowest BCUT2D eigenvalue weighted by atomic mass is 10.0. The Hall–Kier alpha value is -2.72. The number of benzene rings is 2. The van der Waals surface area contributed by atoms with Crippen LogP contribution in [0.1, 0.15) is 12.0 Å². The molecule has 0 saturated carbocycles. The molecule has 1 saturated heterocycles. The van der Waals surface area contributed by atoms with Crippen LogP contribution in [0.25, 0.3) is 11.1 Å². The van der Waals surface area contributed by atoms with Crippen LogP contribution in [-0.4, -0.2) is 24.2 Å². The zero-order valence-electron chi connectivity index (χ0n) is 15.2. The van der Waals surface area contributed by atoms with Crippen molar-refractivity contribution in [1.82, 2.24) is 4.98 Å². The van der Waals surface area contributed by atoms with E-state index in [9.17, 15) is 0 Å². The molecule has 2 aromatic carbocycles. The summed E-state index contributed by atoms with van der Waals surface area (Å²) >= 11 is 6.31. The number of hydrogen-bond acceptors (Lipinski definition) is 4. The van der Waals surface area contributed by atoms with Crippen molar-refractivity contribution >= 4 is 23.0 Å². The second-order valence-corrected chi connectivity index (χ2v) is 7.31. The molecule has 1 atom stereocenters. The van der Waals surface area contributed by atoms with Crippen LogP contribution in [0.15, 0.2) is 60.8 Å². The lowest BCUT2D eigenvalue weighted by molar-refractivity contribution is 0.216. The Morgan fingerprint density at radius 3 is 2.74 bits per heavy atom. The van der Waals surface area contributed by atoms with Crippen molar-refractivity contribution < 1.29 is 4.74 Å². The van der Waals surface area contributed by atoms with Crippen LogP contribution in [0.2, 0.25) is 5.02 Å². The van der Waals surface area contributed by atoms with Gasteiger partial charge < -0.3 is 15.4 Å². The highest BCUT2D eigenvalue weighted by Gasteiger charge is 2.26. The fourth-order valence-electron chi connectivity index (χ4n) is 3.44. The number of anilines is 2. The van der Waals surface area contributed by atoms with Gasteiger partial charge in [0.1, 0.15) is 6.10 Å². The van der Waals surface area contributed by atoms with Crippen LogP contribution in [0.5, 0.6) is 5.88 Å².